The first-order chi connectivity index (χ1) is 8.61. The molecule has 0 radical (unpaired) electrons. The van der Waals surface area contributed by atoms with Gasteiger partial charge in [-0.15, -0.1) is 22.7 Å². The fourth-order valence-electron chi connectivity index (χ4n) is 1.69. The molecule has 0 aliphatic carbocycles. The van der Waals surface area contributed by atoms with Gasteiger partial charge in [-0.1, -0.05) is 30.1 Å². The lowest BCUT2D eigenvalue weighted by Crippen LogP contribution is -2.22. The van der Waals surface area contributed by atoms with E-state index in [1.165, 1.54) is 16.2 Å². The topological polar surface area (TPSA) is 12.0 Å². The molecule has 1 unspecified atom stereocenters. The van der Waals surface area contributed by atoms with E-state index in [0.717, 1.165) is 31.0 Å². The van der Waals surface area contributed by atoms with Crippen molar-refractivity contribution in [3.8, 4) is 0 Å². The Balaban J connectivity index is 2.33. The number of halogens is 3. The van der Waals surface area contributed by atoms with Crippen LogP contribution in [0.4, 0.5) is 0 Å². The molecule has 0 spiro atoms. The normalized spacial score (nSPS) is 12.9. The summed E-state index contributed by atoms with van der Waals surface area (Å²) < 4.78 is 2.62. The van der Waals surface area contributed by atoms with Crippen LogP contribution >= 0.6 is 61.8 Å². The Labute approximate surface area is 133 Å². The molecule has 2 aromatic rings. The second-order valence-corrected chi connectivity index (χ2v) is 8.59. The van der Waals surface area contributed by atoms with E-state index in [1.807, 2.05) is 6.07 Å². The van der Waals surface area contributed by atoms with Crippen LogP contribution in [0.25, 0.3) is 0 Å². The summed E-state index contributed by atoms with van der Waals surface area (Å²) in [6.07, 6.45) is 1.08. The third-order valence-corrected chi connectivity index (χ3v) is 5.68. The van der Waals surface area contributed by atoms with Crippen molar-refractivity contribution in [2.45, 2.75) is 19.4 Å². The van der Waals surface area contributed by atoms with Crippen molar-refractivity contribution in [1.29, 1.82) is 0 Å². The predicted octanol–water partition coefficient (Wildman–Crippen LogP) is 5.97. The highest BCUT2D eigenvalue weighted by atomic mass is 79.9. The van der Waals surface area contributed by atoms with Crippen LogP contribution in [0, 0.1) is 0 Å². The molecule has 1 atom stereocenters. The van der Waals surface area contributed by atoms with Crippen molar-refractivity contribution >= 4 is 61.8 Å². The van der Waals surface area contributed by atoms with E-state index in [9.17, 15) is 0 Å². The van der Waals surface area contributed by atoms with E-state index in [-0.39, 0.29) is 6.04 Å². The van der Waals surface area contributed by atoms with Crippen molar-refractivity contribution in [1.82, 2.24) is 5.32 Å². The Kier molecular flexibility index (Phi) is 5.54. The fraction of sp³-hybridized carbons (Fsp3) is 0.333. The van der Waals surface area contributed by atoms with E-state index in [4.69, 9.17) is 23.2 Å². The summed E-state index contributed by atoms with van der Waals surface area (Å²) in [6.45, 7) is 3.10. The van der Waals surface area contributed by atoms with Crippen LogP contribution in [-0.2, 0) is 0 Å². The average Bonchev–Trinajstić information content (AvgIpc) is 2.87. The SMILES string of the molecule is CCCNC(c1ccc(Br)s1)c1cc(Cl)sc1Cl. The first kappa shape index (κ1) is 14.8. The Morgan fingerprint density at radius 1 is 1.33 bits per heavy atom. The Hall–Kier alpha value is 0.420. The molecule has 0 saturated carbocycles. The number of nitrogens with one attached hydrogen (secondary N) is 1. The number of rotatable bonds is 5. The molecule has 0 amide bonds. The minimum absolute atomic E-state index is 0.123. The molecule has 0 bridgehead atoms. The Morgan fingerprint density at radius 2 is 2.11 bits per heavy atom. The number of hydrogen-bond acceptors (Lipinski definition) is 3. The van der Waals surface area contributed by atoms with Gasteiger partial charge in [-0.3, -0.25) is 0 Å². The standard InChI is InChI=1S/C12H12BrCl2NS2/c1-2-5-16-11(8-3-4-9(13)17-8)7-6-10(14)18-12(7)15/h3-4,6,11,16H,2,5H2,1H3. The highest BCUT2D eigenvalue weighted by Gasteiger charge is 2.20. The van der Waals surface area contributed by atoms with Gasteiger partial charge in [0.2, 0.25) is 0 Å². The van der Waals surface area contributed by atoms with Crippen molar-refractivity contribution in [2.24, 2.45) is 0 Å². The maximum atomic E-state index is 6.26. The van der Waals surface area contributed by atoms with Gasteiger partial charge >= 0.3 is 0 Å². The third kappa shape index (κ3) is 3.50. The molecule has 0 fully saturated rings. The molecule has 2 heterocycles. The monoisotopic (exact) mass is 383 g/mol. The van der Waals surface area contributed by atoms with Crippen LogP contribution in [-0.4, -0.2) is 6.54 Å². The Bertz CT molecular complexity index is 524. The van der Waals surface area contributed by atoms with Gasteiger partial charge in [0.05, 0.1) is 18.5 Å². The highest BCUT2D eigenvalue weighted by molar-refractivity contribution is 9.11. The zero-order chi connectivity index (χ0) is 13.1. The zero-order valence-corrected chi connectivity index (χ0v) is 14.4. The molecule has 98 valence electrons. The second kappa shape index (κ2) is 6.73. The molecule has 0 aromatic carbocycles. The molecular weight excluding hydrogens is 373 g/mol. The summed E-state index contributed by atoms with van der Waals surface area (Å²) in [4.78, 5) is 1.24. The van der Waals surface area contributed by atoms with Crippen LogP contribution in [0.2, 0.25) is 8.67 Å². The van der Waals surface area contributed by atoms with Gasteiger partial charge in [0.15, 0.2) is 0 Å². The number of hydrogen-bond donors (Lipinski definition) is 1. The molecule has 0 aliphatic heterocycles. The summed E-state index contributed by atoms with van der Waals surface area (Å²) >= 11 is 18.9. The maximum Gasteiger partial charge on any atom is 0.0995 e. The van der Waals surface area contributed by atoms with Gasteiger partial charge in [-0.25, -0.2) is 0 Å². The lowest BCUT2D eigenvalue weighted by atomic mass is 10.1. The largest absolute Gasteiger partial charge is 0.306 e. The van der Waals surface area contributed by atoms with Crippen LogP contribution < -0.4 is 5.32 Å². The summed E-state index contributed by atoms with van der Waals surface area (Å²) in [7, 11) is 0. The van der Waals surface area contributed by atoms with Gasteiger partial charge in [-0.05, 0) is 47.1 Å². The fourth-order valence-corrected chi connectivity index (χ4v) is 4.74. The summed E-state index contributed by atoms with van der Waals surface area (Å²) in [5, 5.41) is 3.52. The van der Waals surface area contributed by atoms with Gasteiger partial charge < -0.3 is 5.32 Å². The predicted molar refractivity (Wildman–Crippen MR) is 86.5 cm³/mol. The summed E-state index contributed by atoms with van der Waals surface area (Å²) in [6, 6.07) is 6.25. The lowest BCUT2D eigenvalue weighted by Gasteiger charge is -2.16. The third-order valence-electron chi connectivity index (χ3n) is 2.47. The molecule has 2 aromatic heterocycles. The maximum absolute atomic E-state index is 6.26. The van der Waals surface area contributed by atoms with Gasteiger partial charge in [-0.2, -0.15) is 0 Å². The van der Waals surface area contributed by atoms with Crippen LogP contribution in [0.3, 0.4) is 0 Å². The number of thiophene rings is 2. The summed E-state index contributed by atoms with van der Waals surface area (Å²) in [5.41, 5.74) is 1.06. The first-order valence-electron chi connectivity index (χ1n) is 5.55. The molecule has 0 saturated heterocycles. The first-order valence-corrected chi connectivity index (χ1v) is 8.73. The van der Waals surface area contributed by atoms with E-state index in [0.29, 0.717) is 0 Å². The lowest BCUT2D eigenvalue weighted by molar-refractivity contribution is 0.607. The van der Waals surface area contributed by atoms with Crippen LogP contribution in [0.15, 0.2) is 22.0 Å². The van der Waals surface area contributed by atoms with Crippen LogP contribution in [0.5, 0.6) is 0 Å². The zero-order valence-electron chi connectivity index (χ0n) is 9.67. The molecule has 2 rings (SSSR count). The molecule has 1 nitrogen and oxygen atoms in total. The minimum Gasteiger partial charge on any atom is -0.306 e. The highest BCUT2D eigenvalue weighted by Crippen LogP contribution is 2.39. The second-order valence-electron chi connectivity index (χ2n) is 3.81. The van der Waals surface area contributed by atoms with Gasteiger partial charge in [0.25, 0.3) is 0 Å². The van der Waals surface area contributed by atoms with Crippen molar-refractivity contribution in [3.05, 3.63) is 41.1 Å². The molecule has 18 heavy (non-hydrogen) atoms. The minimum atomic E-state index is 0.123. The van der Waals surface area contributed by atoms with E-state index in [2.05, 4.69) is 40.3 Å². The van der Waals surface area contributed by atoms with Gasteiger partial charge in [0, 0.05) is 10.4 Å². The van der Waals surface area contributed by atoms with Crippen molar-refractivity contribution in [2.75, 3.05) is 6.54 Å². The van der Waals surface area contributed by atoms with Crippen molar-refractivity contribution in [3.63, 3.8) is 0 Å². The smallest absolute Gasteiger partial charge is 0.0995 e. The van der Waals surface area contributed by atoms with E-state index in [1.54, 1.807) is 11.3 Å². The van der Waals surface area contributed by atoms with Crippen LogP contribution in [0.1, 0.15) is 29.8 Å². The Morgan fingerprint density at radius 3 is 2.61 bits per heavy atom. The summed E-state index contributed by atoms with van der Waals surface area (Å²) in [5.74, 6) is 0. The molecule has 6 heteroatoms. The molecule has 1 N–H and O–H groups in total. The molecule has 0 aliphatic rings. The molecular formula is C12H12BrCl2NS2. The van der Waals surface area contributed by atoms with Crippen molar-refractivity contribution < 1.29 is 0 Å². The van der Waals surface area contributed by atoms with E-state index < -0.39 is 0 Å². The average molecular weight is 385 g/mol. The van der Waals surface area contributed by atoms with E-state index >= 15 is 0 Å². The quantitative estimate of drug-likeness (QED) is 0.669. The van der Waals surface area contributed by atoms with Gasteiger partial charge in [0.1, 0.15) is 0 Å².